The van der Waals surface area contributed by atoms with Gasteiger partial charge in [0.15, 0.2) is 6.10 Å². The fourth-order valence-corrected chi connectivity index (χ4v) is 2.34. The third kappa shape index (κ3) is 4.83. The van der Waals surface area contributed by atoms with Gasteiger partial charge in [0.2, 0.25) is 0 Å². The van der Waals surface area contributed by atoms with Crippen LogP contribution in [0.4, 0.5) is 5.69 Å². The van der Waals surface area contributed by atoms with Crippen molar-refractivity contribution < 1.29 is 19.1 Å². The van der Waals surface area contributed by atoms with Crippen LogP contribution in [0.25, 0.3) is 0 Å². The summed E-state index contributed by atoms with van der Waals surface area (Å²) < 4.78 is 10.5. The van der Waals surface area contributed by atoms with Gasteiger partial charge in [-0.1, -0.05) is 19.1 Å². The van der Waals surface area contributed by atoms with Crippen LogP contribution in [0.5, 0.6) is 5.75 Å². The van der Waals surface area contributed by atoms with Gasteiger partial charge in [0.1, 0.15) is 5.75 Å². The number of benzene rings is 2. The van der Waals surface area contributed by atoms with E-state index in [-0.39, 0.29) is 5.91 Å². The molecule has 1 N–H and O–H groups in total. The van der Waals surface area contributed by atoms with E-state index in [0.29, 0.717) is 23.4 Å². The first-order valence-corrected chi connectivity index (χ1v) is 8.17. The van der Waals surface area contributed by atoms with E-state index in [1.54, 1.807) is 24.3 Å². The van der Waals surface area contributed by atoms with Crippen molar-refractivity contribution in [1.82, 2.24) is 0 Å². The third-order valence-electron chi connectivity index (χ3n) is 3.97. The molecule has 0 heterocycles. The summed E-state index contributed by atoms with van der Waals surface area (Å²) in [5, 5.41) is 2.79. The summed E-state index contributed by atoms with van der Waals surface area (Å²) >= 11 is 0. The lowest BCUT2D eigenvalue weighted by Gasteiger charge is -2.18. The average Bonchev–Trinajstić information content (AvgIpc) is 2.62. The molecule has 25 heavy (non-hydrogen) atoms. The highest BCUT2D eigenvalue weighted by Crippen LogP contribution is 2.19. The smallest absolute Gasteiger partial charge is 0.337 e. The molecule has 2 aromatic rings. The van der Waals surface area contributed by atoms with Crippen LogP contribution in [0, 0.1) is 13.8 Å². The number of rotatable bonds is 6. The van der Waals surface area contributed by atoms with Gasteiger partial charge < -0.3 is 14.8 Å². The Morgan fingerprint density at radius 2 is 1.84 bits per heavy atom. The Bertz CT molecular complexity index is 770. The zero-order valence-electron chi connectivity index (χ0n) is 15.0. The molecule has 2 aromatic carbocycles. The van der Waals surface area contributed by atoms with Crippen molar-refractivity contribution >= 4 is 17.6 Å². The Labute approximate surface area is 148 Å². The van der Waals surface area contributed by atoms with Crippen molar-refractivity contribution in [1.29, 1.82) is 0 Å². The number of aryl methyl sites for hydroxylation is 2. The van der Waals surface area contributed by atoms with E-state index in [2.05, 4.69) is 10.1 Å². The lowest BCUT2D eigenvalue weighted by atomic mass is 10.1. The maximum absolute atomic E-state index is 12.5. The van der Waals surface area contributed by atoms with E-state index >= 15 is 0 Å². The highest BCUT2D eigenvalue weighted by molar-refractivity contribution is 5.96. The Morgan fingerprint density at radius 3 is 2.48 bits per heavy atom. The monoisotopic (exact) mass is 341 g/mol. The third-order valence-corrected chi connectivity index (χ3v) is 3.97. The van der Waals surface area contributed by atoms with Gasteiger partial charge in [-0.2, -0.15) is 0 Å². The molecule has 2 rings (SSSR count). The van der Waals surface area contributed by atoms with Gasteiger partial charge in [-0.3, -0.25) is 4.79 Å². The van der Waals surface area contributed by atoms with E-state index in [1.165, 1.54) is 12.7 Å². The lowest BCUT2D eigenvalue weighted by molar-refractivity contribution is -0.122. The first kappa shape index (κ1) is 18.5. The summed E-state index contributed by atoms with van der Waals surface area (Å²) in [4.78, 5) is 24.1. The number of ether oxygens (including phenoxy) is 2. The van der Waals surface area contributed by atoms with Crippen LogP contribution in [0.1, 0.15) is 34.8 Å². The summed E-state index contributed by atoms with van der Waals surface area (Å²) in [6, 6.07) is 12.4. The van der Waals surface area contributed by atoms with Crippen molar-refractivity contribution in [2.75, 3.05) is 12.4 Å². The van der Waals surface area contributed by atoms with Crippen molar-refractivity contribution in [3.8, 4) is 5.75 Å². The van der Waals surface area contributed by atoms with Crippen molar-refractivity contribution in [3.63, 3.8) is 0 Å². The number of carbonyl (C=O) groups is 2. The first-order chi connectivity index (χ1) is 11.9. The molecule has 0 aromatic heterocycles. The lowest BCUT2D eigenvalue weighted by Crippen LogP contribution is -2.32. The molecule has 1 amide bonds. The average molecular weight is 341 g/mol. The summed E-state index contributed by atoms with van der Waals surface area (Å²) in [6.45, 7) is 5.91. The summed E-state index contributed by atoms with van der Waals surface area (Å²) in [6.07, 6.45) is -0.0981. The molecule has 0 aliphatic rings. The number of hydrogen-bond acceptors (Lipinski definition) is 4. The molecule has 0 radical (unpaired) electrons. The van der Waals surface area contributed by atoms with E-state index < -0.39 is 12.1 Å². The molecule has 0 fully saturated rings. The maximum atomic E-state index is 12.5. The second kappa shape index (κ2) is 8.33. The Morgan fingerprint density at radius 1 is 1.08 bits per heavy atom. The fourth-order valence-electron chi connectivity index (χ4n) is 2.34. The molecule has 0 saturated heterocycles. The Hall–Kier alpha value is -2.82. The minimum Gasteiger partial charge on any atom is -0.481 e. The zero-order chi connectivity index (χ0) is 18.4. The van der Waals surface area contributed by atoms with Gasteiger partial charge in [0.25, 0.3) is 5.91 Å². The van der Waals surface area contributed by atoms with Gasteiger partial charge >= 0.3 is 5.97 Å². The molecule has 5 nitrogen and oxygen atoms in total. The van der Waals surface area contributed by atoms with E-state index in [4.69, 9.17) is 4.74 Å². The SMILES string of the molecule is CC[C@@H](Oc1ccc(C)c(C)c1)C(=O)Nc1cccc(C(=O)OC)c1. The predicted octanol–water partition coefficient (Wildman–Crippen LogP) is 3.89. The van der Waals surface area contributed by atoms with Crippen LogP contribution in [-0.4, -0.2) is 25.1 Å². The van der Waals surface area contributed by atoms with Crippen LogP contribution in [0.15, 0.2) is 42.5 Å². The maximum Gasteiger partial charge on any atom is 0.337 e. The number of methoxy groups -OCH3 is 1. The standard InChI is InChI=1S/C20H23NO4/c1-5-18(25-17-10-9-13(2)14(3)11-17)19(22)21-16-8-6-7-15(12-16)20(23)24-4/h6-12,18H,5H2,1-4H3,(H,21,22)/t18-/m1/s1. The largest absolute Gasteiger partial charge is 0.481 e. The molecule has 0 saturated carbocycles. The number of hydrogen-bond donors (Lipinski definition) is 1. The molecule has 132 valence electrons. The van der Waals surface area contributed by atoms with Crippen molar-refractivity contribution in [3.05, 3.63) is 59.2 Å². The normalized spacial score (nSPS) is 11.5. The second-order valence-corrected chi connectivity index (χ2v) is 5.82. The van der Waals surface area contributed by atoms with E-state index in [1.807, 2.05) is 39.0 Å². The minimum absolute atomic E-state index is 0.261. The second-order valence-electron chi connectivity index (χ2n) is 5.82. The molecule has 0 aliphatic heterocycles. The number of carbonyl (C=O) groups excluding carboxylic acids is 2. The number of anilines is 1. The molecule has 0 aliphatic carbocycles. The molecule has 0 unspecified atom stereocenters. The van der Waals surface area contributed by atoms with Crippen LogP contribution in [0.2, 0.25) is 0 Å². The van der Waals surface area contributed by atoms with Gasteiger partial charge in [-0.05, 0) is 61.7 Å². The highest BCUT2D eigenvalue weighted by Gasteiger charge is 2.19. The minimum atomic E-state index is -0.621. The molecule has 1 atom stereocenters. The number of esters is 1. The Kier molecular flexibility index (Phi) is 6.17. The Balaban J connectivity index is 2.09. The predicted molar refractivity (Wildman–Crippen MR) is 97.0 cm³/mol. The molecule has 0 spiro atoms. The van der Waals surface area contributed by atoms with Crippen LogP contribution in [-0.2, 0) is 9.53 Å². The molecular formula is C20H23NO4. The highest BCUT2D eigenvalue weighted by atomic mass is 16.5. The fraction of sp³-hybridized carbons (Fsp3) is 0.300. The zero-order valence-corrected chi connectivity index (χ0v) is 15.0. The number of amides is 1. The van der Waals surface area contributed by atoms with Gasteiger partial charge in [0.05, 0.1) is 12.7 Å². The van der Waals surface area contributed by atoms with E-state index in [0.717, 1.165) is 5.56 Å². The number of nitrogens with one attached hydrogen (secondary N) is 1. The van der Waals surface area contributed by atoms with Gasteiger partial charge in [-0.25, -0.2) is 4.79 Å². The van der Waals surface area contributed by atoms with Crippen LogP contribution in [0.3, 0.4) is 0 Å². The first-order valence-electron chi connectivity index (χ1n) is 8.17. The molecule has 5 heteroatoms. The van der Waals surface area contributed by atoms with Crippen molar-refractivity contribution in [2.45, 2.75) is 33.3 Å². The van der Waals surface area contributed by atoms with Crippen LogP contribution >= 0.6 is 0 Å². The van der Waals surface area contributed by atoms with E-state index in [9.17, 15) is 9.59 Å². The summed E-state index contributed by atoms with van der Waals surface area (Å²) in [7, 11) is 1.32. The summed E-state index contributed by atoms with van der Waals surface area (Å²) in [5.74, 6) is -0.0503. The topological polar surface area (TPSA) is 64.6 Å². The van der Waals surface area contributed by atoms with Gasteiger partial charge in [-0.15, -0.1) is 0 Å². The van der Waals surface area contributed by atoms with Gasteiger partial charge in [0, 0.05) is 5.69 Å². The molecule has 0 bridgehead atoms. The van der Waals surface area contributed by atoms with Crippen molar-refractivity contribution in [2.24, 2.45) is 0 Å². The quantitative estimate of drug-likeness (QED) is 0.810. The van der Waals surface area contributed by atoms with Crippen LogP contribution < -0.4 is 10.1 Å². The summed E-state index contributed by atoms with van der Waals surface area (Å²) in [5.41, 5.74) is 3.18. The molecular weight excluding hydrogens is 318 g/mol.